The number of thioether (sulfide) groups is 1. The number of methoxy groups -OCH3 is 1. The molecule has 0 saturated carbocycles. The number of benzene rings is 1. The lowest BCUT2D eigenvalue weighted by molar-refractivity contribution is 0.134. The van der Waals surface area contributed by atoms with E-state index in [-0.39, 0.29) is 12.0 Å². The smallest absolute Gasteiger partial charge is 0.222 e. The molecular weight excluding hydrogens is 372 g/mol. The highest BCUT2D eigenvalue weighted by Gasteiger charge is 2.28. The fraction of sp³-hybridized carbons (Fsp3) is 0.444. The van der Waals surface area contributed by atoms with E-state index >= 15 is 0 Å². The van der Waals surface area contributed by atoms with E-state index < -0.39 is 0 Å². The number of rotatable bonds is 4. The number of nitrogens with zero attached hydrogens (tertiary/aromatic N) is 3. The van der Waals surface area contributed by atoms with Crippen molar-refractivity contribution < 1.29 is 9.47 Å². The van der Waals surface area contributed by atoms with Gasteiger partial charge in [-0.05, 0) is 31.2 Å². The fourth-order valence-electron chi connectivity index (χ4n) is 3.19. The molecule has 1 atom stereocenters. The second kappa shape index (κ2) is 8.33. The Morgan fingerprint density at radius 1 is 1.38 bits per heavy atom. The fourth-order valence-corrected chi connectivity index (χ4v) is 4.19. The van der Waals surface area contributed by atoms with Crippen LogP contribution < -0.4 is 15.4 Å². The predicted molar refractivity (Wildman–Crippen MR) is 106 cm³/mol. The summed E-state index contributed by atoms with van der Waals surface area (Å²) in [6.07, 6.45) is 2.90. The average molecular weight is 395 g/mol. The molecule has 1 aromatic heterocycles. The lowest BCUT2D eigenvalue weighted by Gasteiger charge is -2.32. The zero-order valence-corrected chi connectivity index (χ0v) is 16.7. The van der Waals surface area contributed by atoms with Crippen molar-refractivity contribution in [1.82, 2.24) is 9.97 Å². The molecule has 6 nitrogen and oxygen atoms in total. The maximum atomic E-state index is 6.72. The minimum atomic E-state index is -0.0801. The summed E-state index contributed by atoms with van der Waals surface area (Å²) in [4.78, 5) is 11.8. The van der Waals surface area contributed by atoms with Crippen molar-refractivity contribution in [3.05, 3.63) is 34.5 Å². The van der Waals surface area contributed by atoms with Crippen LogP contribution in [0.1, 0.15) is 23.7 Å². The lowest BCUT2D eigenvalue weighted by atomic mass is 10.0. The molecule has 2 N–H and O–H groups in total. The molecule has 26 heavy (non-hydrogen) atoms. The summed E-state index contributed by atoms with van der Waals surface area (Å²) in [5.74, 6) is 1.75. The molecule has 0 radical (unpaired) electrons. The third-order valence-corrected chi connectivity index (χ3v) is 5.52. The Labute approximate surface area is 163 Å². The summed E-state index contributed by atoms with van der Waals surface area (Å²) < 4.78 is 11.4. The van der Waals surface area contributed by atoms with E-state index in [0.29, 0.717) is 24.0 Å². The van der Waals surface area contributed by atoms with E-state index in [2.05, 4.69) is 14.9 Å². The van der Waals surface area contributed by atoms with Gasteiger partial charge in [0.15, 0.2) is 5.75 Å². The molecule has 1 fully saturated rings. The summed E-state index contributed by atoms with van der Waals surface area (Å²) >= 11 is 8.32. The Morgan fingerprint density at radius 2 is 2.19 bits per heavy atom. The standard InChI is InChI=1S/C18H23ClN4O2S/c1-11-9-15(22-18(20)21-11)23-7-4-8-25-10-13(23)12-5-6-14(26-3)17(24-2)16(12)19/h5-6,9,13H,4,7-8,10H2,1-3H3,(H2,20,21,22). The second-order valence-corrected chi connectivity index (χ2v) is 7.29. The molecule has 2 heterocycles. The lowest BCUT2D eigenvalue weighted by Crippen LogP contribution is -2.32. The highest BCUT2D eigenvalue weighted by Crippen LogP contribution is 2.41. The van der Waals surface area contributed by atoms with Gasteiger partial charge in [0, 0.05) is 24.9 Å². The maximum Gasteiger partial charge on any atom is 0.222 e. The Balaban J connectivity index is 2.07. The highest BCUT2D eigenvalue weighted by atomic mass is 35.5. The van der Waals surface area contributed by atoms with Gasteiger partial charge in [-0.3, -0.25) is 0 Å². The van der Waals surface area contributed by atoms with E-state index in [1.54, 1.807) is 18.9 Å². The van der Waals surface area contributed by atoms with Crippen LogP contribution in [0.25, 0.3) is 0 Å². The normalized spacial score (nSPS) is 17.8. The van der Waals surface area contributed by atoms with E-state index in [0.717, 1.165) is 34.9 Å². The van der Waals surface area contributed by atoms with Gasteiger partial charge in [0.25, 0.3) is 0 Å². The van der Waals surface area contributed by atoms with Crippen LogP contribution in [-0.2, 0) is 4.74 Å². The van der Waals surface area contributed by atoms with Crippen molar-refractivity contribution >= 4 is 35.1 Å². The molecule has 1 aliphatic rings. The quantitative estimate of drug-likeness (QED) is 0.792. The Morgan fingerprint density at radius 3 is 2.88 bits per heavy atom. The molecule has 2 aromatic rings. The number of anilines is 2. The number of aryl methyl sites for hydroxylation is 1. The first-order valence-corrected chi connectivity index (χ1v) is 10.0. The summed E-state index contributed by atoms with van der Waals surface area (Å²) in [5, 5.41) is 0.610. The second-order valence-electron chi connectivity index (χ2n) is 6.07. The first kappa shape index (κ1) is 19.1. The number of nitrogen functional groups attached to an aromatic ring is 1. The molecule has 1 saturated heterocycles. The van der Waals surface area contributed by atoms with Crippen LogP contribution in [0.3, 0.4) is 0 Å². The van der Waals surface area contributed by atoms with Crippen LogP contribution >= 0.6 is 23.4 Å². The molecule has 1 aliphatic heterocycles. The topological polar surface area (TPSA) is 73.5 Å². The number of nitrogens with two attached hydrogens (primary N) is 1. The van der Waals surface area contributed by atoms with Crippen LogP contribution in [0.5, 0.6) is 5.75 Å². The molecule has 1 unspecified atom stereocenters. The first-order valence-electron chi connectivity index (χ1n) is 8.41. The van der Waals surface area contributed by atoms with E-state index in [1.165, 1.54) is 0 Å². The van der Waals surface area contributed by atoms with Gasteiger partial charge in [0.05, 0.1) is 29.7 Å². The SMILES string of the molecule is COc1c(SC)ccc(C2COCCCN2c2cc(C)nc(N)n2)c1Cl. The predicted octanol–water partition coefficient (Wildman–Crippen LogP) is 3.72. The minimum Gasteiger partial charge on any atom is -0.494 e. The molecule has 140 valence electrons. The van der Waals surface area contributed by atoms with Gasteiger partial charge < -0.3 is 20.1 Å². The largest absolute Gasteiger partial charge is 0.494 e. The van der Waals surface area contributed by atoms with Crippen molar-refractivity contribution in [2.75, 3.05) is 43.8 Å². The van der Waals surface area contributed by atoms with Crippen molar-refractivity contribution in [3.63, 3.8) is 0 Å². The molecular formula is C18H23ClN4O2S. The minimum absolute atomic E-state index is 0.0801. The van der Waals surface area contributed by atoms with Gasteiger partial charge in [0.1, 0.15) is 5.82 Å². The van der Waals surface area contributed by atoms with E-state index in [4.69, 9.17) is 26.8 Å². The number of hydrogen-bond donors (Lipinski definition) is 1. The summed E-state index contributed by atoms with van der Waals surface area (Å²) in [7, 11) is 1.64. The van der Waals surface area contributed by atoms with Crippen molar-refractivity contribution in [2.24, 2.45) is 0 Å². The third kappa shape index (κ3) is 3.84. The molecule has 0 amide bonds. The maximum absolute atomic E-state index is 6.72. The monoisotopic (exact) mass is 394 g/mol. The number of hydrogen-bond acceptors (Lipinski definition) is 7. The Kier molecular flexibility index (Phi) is 6.11. The first-order chi connectivity index (χ1) is 12.5. The zero-order valence-electron chi connectivity index (χ0n) is 15.2. The summed E-state index contributed by atoms with van der Waals surface area (Å²) in [6, 6.07) is 5.94. The molecule has 1 aromatic carbocycles. The average Bonchev–Trinajstić information content (AvgIpc) is 2.86. The number of ether oxygens (including phenoxy) is 2. The number of aromatic nitrogens is 2. The Hall–Kier alpha value is -1.70. The molecule has 0 aliphatic carbocycles. The van der Waals surface area contributed by atoms with Gasteiger partial charge in [-0.25, -0.2) is 4.98 Å². The van der Waals surface area contributed by atoms with Crippen LogP contribution in [0.2, 0.25) is 5.02 Å². The van der Waals surface area contributed by atoms with Crippen LogP contribution in [-0.4, -0.2) is 43.1 Å². The van der Waals surface area contributed by atoms with Crippen molar-refractivity contribution in [2.45, 2.75) is 24.3 Å². The third-order valence-electron chi connectivity index (χ3n) is 4.37. The van der Waals surface area contributed by atoms with Crippen LogP contribution in [0.15, 0.2) is 23.1 Å². The van der Waals surface area contributed by atoms with Gasteiger partial charge >= 0.3 is 0 Å². The van der Waals surface area contributed by atoms with E-state index in [1.807, 2.05) is 31.4 Å². The van der Waals surface area contributed by atoms with E-state index in [9.17, 15) is 0 Å². The van der Waals surface area contributed by atoms with Gasteiger partial charge in [0.2, 0.25) is 5.95 Å². The highest BCUT2D eigenvalue weighted by molar-refractivity contribution is 7.98. The molecule has 3 rings (SSSR count). The van der Waals surface area contributed by atoms with Gasteiger partial charge in [-0.1, -0.05) is 17.7 Å². The van der Waals surface area contributed by atoms with Gasteiger partial charge in [-0.2, -0.15) is 4.98 Å². The molecule has 8 heteroatoms. The molecule has 0 spiro atoms. The van der Waals surface area contributed by atoms with Crippen molar-refractivity contribution in [1.29, 1.82) is 0 Å². The van der Waals surface area contributed by atoms with Crippen LogP contribution in [0.4, 0.5) is 11.8 Å². The van der Waals surface area contributed by atoms with Crippen LogP contribution in [0, 0.1) is 6.92 Å². The number of halogens is 1. The zero-order chi connectivity index (χ0) is 18.7. The van der Waals surface area contributed by atoms with Gasteiger partial charge in [-0.15, -0.1) is 11.8 Å². The summed E-state index contributed by atoms with van der Waals surface area (Å²) in [6.45, 7) is 3.92. The summed E-state index contributed by atoms with van der Waals surface area (Å²) in [5.41, 5.74) is 7.66. The molecule has 0 bridgehead atoms. The van der Waals surface area contributed by atoms with Crippen molar-refractivity contribution in [3.8, 4) is 5.75 Å². The Bertz CT molecular complexity index is 770.